The molecule has 1 aromatic heterocycles. The minimum atomic E-state index is -4.08. The van der Waals surface area contributed by atoms with E-state index in [1.165, 1.54) is 6.92 Å². The van der Waals surface area contributed by atoms with E-state index in [1.807, 2.05) is 65.1 Å². The molecule has 4 rings (SSSR count). The monoisotopic (exact) mass is 1490 g/mol. The first-order chi connectivity index (χ1) is 49.7. The molecular weight excluding hydrogens is 1360 g/mol. The number of H-pyrrole nitrogens is 1. The number of nitrogens with zero attached hydrogens (tertiary/aromatic N) is 2. The van der Waals surface area contributed by atoms with Crippen molar-refractivity contribution < 1.29 is 70.7 Å². The van der Waals surface area contributed by atoms with Crippen LogP contribution in [0, 0.1) is 53.3 Å². The van der Waals surface area contributed by atoms with Crippen molar-refractivity contribution in [1.29, 1.82) is 0 Å². The first-order valence-electron chi connectivity index (χ1n) is 38.9. The summed E-state index contributed by atoms with van der Waals surface area (Å²) >= 11 is 0. The number of carbonyl (C=O) groups excluding carboxylic acids is 12. The largest absolute Gasteiger partial charge is 0.370 e. The zero-order valence-electron chi connectivity index (χ0n) is 64.8. The molecule has 2 fully saturated rings. The number of rotatable bonds is 24. The topological polar surface area (TPSA) is 409 Å². The van der Waals surface area contributed by atoms with Crippen molar-refractivity contribution in [3.8, 4) is 0 Å². The summed E-state index contributed by atoms with van der Waals surface area (Å²) in [5.74, 6) is -11.7. The van der Waals surface area contributed by atoms with Crippen molar-refractivity contribution in [2.75, 3.05) is 58.7 Å². The maximum atomic E-state index is 15.0. The van der Waals surface area contributed by atoms with Gasteiger partial charge in [0, 0.05) is 98.3 Å². The second-order valence-electron chi connectivity index (χ2n) is 31.1. The van der Waals surface area contributed by atoms with Crippen molar-refractivity contribution in [2.45, 2.75) is 260 Å². The lowest BCUT2D eigenvalue weighted by Gasteiger charge is -2.30. The average molecular weight is 1490 g/mol. The van der Waals surface area contributed by atoms with Crippen LogP contribution in [0.25, 0.3) is 10.9 Å². The third kappa shape index (κ3) is 31.2. The summed E-state index contributed by atoms with van der Waals surface area (Å²) < 4.78 is 33.8. The summed E-state index contributed by atoms with van der Waals surface area (Å²) in [7, 11) is -4.08. The number of benzene rings is 1. The van der Waals surface area contributed by atoms with E-state index in [0.717, 1.165) is 27.0 Å². The van der Waals surface area contributed by atoms with E-state index < -0.39 is 165 Å². The van der Waals surface area contributed by atoms with E-state index in [1.54, 1.807) is 32.6 Å². The Morgan fingerprint density at radius 3 is 1.64 bits per heavy atom. The number of para-hydroxylation sites is 1. The van der Waals surface area contributed by atoms with E-state index in [-0.39, 0.29) is 121 Å². The quantitative estimate of drug-likeness (QED) is 0.0497. The fourth-order valence-electron chi connectivity index (χ4n) is 14.3. The highest BCUT2D eigenvalue weighted by atomic mass is 32.2. The van der Waals surface area contributed by atoms with Gasteiger partial charge >= 0.3 is 0 Å². The van der Waals surface area contributed by atoms with Gasteiger partial charge in [-0.15, -0.1) is 0 Å². The van der Waals surface area contributed by atoms with Gasteiger partial charge in [0.1, 0.15) is 12.4 Å². The molecule has 2 aliphatic heterocycles. The molecule has 11 atom stereocenters. The van der Waals surface area contributed by atoms with Crippen molar-refractivity contribution in [3.05, 3.63) is 36.0 Å². The van der Waals surface area contributed by atoms with Gasteiger partial charge in [0.2, 0.25) is 45.5 Å². The Kier molecular flexibility index (Phi) is 40.2. The fraction of sp³-hybridized carbons (Fsp3) is 0.744. The van der Waals surface area contributed by atoms with Gasteiger partial charge in [0.05, 0.1) is 55.7 Å². The average Bonchev–Trinajstić information content (AvgIpc) is 1.86. The van der Waals surface area contributed by atoms with E-state index in [2.05, 4.69) is 31.6 Å². The van der Waals surface area contributed by atoms with Crippen LogP contribution in [0.3, 0.4) is 0 Å². The van der Waals surface area contributed by atoms with Crippen LogP contribution in [0.5, 0.6) is 0 Å². The molecule has 27 heteroatoms. The Morgan fingerprint density at radius 1 is 0.562 bits per heavy atom. The van der Waals surface area contributed by atoms with Crippen LogP contribution < -0.4 is 43.8 Å². The smallest absolute Gasteiger partial charge is 0.246 e. The molecular formula is C78H129N11O15S. The maximum Gasteiger partial charge on any atom is 0.246 e. The van der Waals surface area contributed by atoms with Gasteiger partial charge in [-0.1, -0.05) is 93.4 Å². The normalized spacial score (nSPS) is 25.7. The minimum Gasteiger partial charge on any atom is -0.370 e. The number of nitrogens with two attached hydrogens (primary N) is 3. The first kappa shape index (κ1) is 90.7. The number of hydrogen-bond donors (Lipinski definition) is 9. The van der Waals surface area contributed by atoms with E-state index in [0.29, 0.717) is 90.4 Å². The number of hydrogen-bond acceptors (Lipinski definition) is 18. The fourth-order valence-corrected chi connectivity index (χ4v) is 15.1. The summed E-state index contributed by atoms with van der Waals surface area (Å²) in [4.78, 5) is 178. The summed E-state index contributed by atoms with van der Waals surface area (Å²) in [5, 5.41) is 15.3. The zero-order chi connectivity index (χ0) is 78.1. The SMILES string of the molecule is CCCC[C@@H]1CC(=O)CN(S(C)(=O)=O)CCCC(=O)[C@H](CCCCN)NC(=O)[C@H](CC(C)C)CC(=O)[C@H](CCCCN)NC(=O)[C@H](CC(C)C)CC(=O)[C@H](CCCCN)NC(=O)COC[C@H]2CCCN2C(=O)[C@H](Cc2c[nH]c3ccccc23)CC(=O)[C@H](C)NC(=O)[C@H](C(C)C)CC(=O)[C@H](C(C)C)NC1=O. The van der Waals surface area contributed by atoms with Crippen molar-refractivity contribution in [1.82, 2.24) is 40.8 Å². The lowest BCUT2D eigenvalue weighted by atomic mass is 9.85. The second-order valence-corrected chi connectivity index (χ2v) is 33.1. The molecule has 2 aliphatic rings. The number of aromatic nitrogens is 1. The number of nitrogens with one attached hydrogen (secondary N) is 6. The predicted octanol–water partition coefficient (Wildman–Crippen LogP) is 6.64. The summed E-state index contributed by atoms with van der Waals surface area (Å²) in [6, 6.07) is 1.72. The molecule has 12 N–H and O–H groups in total. The Morgan fingerprint density at radius 2 is 1.10 bits per heavy atom. The highest BCUT2D eigenvalue weighted by molar-refractivity contribution is 7.88. The Balaban J connectivity index is 1.77. The summed E-state index contributed by atoms with van der Waals surface area (Å²) in [6.07, 6.45) is 7.69. The van der Waals surface area contributed by atoms with Gasteiger partial charge in [-0.05, 0) is 165 Å². The molecule has 2 aromatic rings. The molecule has 0 unspecified atom stereocenters. The van der Waals surface area contributed by atoms with Crippen LogP contribution in [0.4, 0.5) is 0 Å². The molecule has 3 heterocycles. The number of amides is 6. The number of ether oxygens (including phenoxy) is 1. The van der Waals surface area contributed by atoms with Crippen LogP contribution in [-0.2, 0) is 78.7 Å². The van der Waals surface area contributed by atoms with Gasteiger partial charge in [-0.2, -0.15) is 4.31 Å². The predicted molar refractivity (Wildman–Crippen MR) is 406 cm³/mol. The number of unbranched alkanes of at least 4 members (excludes halogenated alkanes) is 4. The number of Topliss-reactive ketones (excluding diaryl/α,β-unsaturated/α-hetero) is 6. The first-order valence-corrected chi connectivity index (χ1v) is 40.7. The van der Waals surface area contributed by atoms with E-state index in [4.69, 9.17) is 21.9 Å². The molecule has 2 saturated heterocycles. The Bertz CT molecular complexity index is 3280. The van der Waals surface area contributed by atoms with Gasteiger partial charge in [0.15, 0.2) is 28.9 Å². The Hall–Kier alpha value is -6.65. The molecule has 0 radical (unpaired) electrons. The molecule has 0 spiro atoms. The molecule has 1 aromatic carbocycles. The van der Waals surface area contributed by atoms with Crippen LogP contribution >= 0.6 is 0 Å². The van der Waals surface area contributed by atoms with Crippen molar-refractivity contribution >= 4 is 91.1 Å². The molecule has 6 amide bonds. The summed E-state index contributed by atoms with van der Waals surface area (Å²) in [6.45, 7) is 18.0. The molecule has 26 nitrogen and oxygen atoms in total. The van der Waals surface area contributed by atoms with Crippen molar-refractivity contribution in [3.63, 3.8) is 0 Å². The van der Waals surface area contributed by atoms with Crippen LogP contribution in [0.15, 0.2) is 30.5 Å². The zero-order valence-corrected chi connectivity index (χ0v) is 65.6. The second kappa shape index (κ2) is 46.5. The molecule has 0 bridgehead atoms. The number of ketones is 6. The van der Waals surface area contributed by atoms with E-state index >= 15 is 4.79 Å². The maximum absolute atomic E-state index is 15.0. The van der Waals surface area contributed by atoms with Crippen LogP contribution in [-0.4, -0.2) is 188 Å². The summed E-state index contributed by atoms with van der Waals surface area (Å²) in [5.41, 5.74) is 19.3. The van der Waals surface area contributed by atoms with Gasteiger partial charge < -0.3 is 58.4 Å². The highest BCUT2D eigenvalue weighted by Gasteiger charge is 2.40. The molecule has 0 aliphatic carbocycles. The van der Waals surface area contributed by atoms with Crippen LogP contribution in [0.1, 0.15) is 222 Å². The number of carbonyl (C=O) groups is 12. The number of aromatic amines is 1. The third-order valence-electron chi connectivity index (χ3n) is 20.4. The number of sulfonamides is 1. The molecule has 592 valence electrons. The lowest BCUT2D eigenvalue weighted by Crippen LogP contribution is -2.50. The molecule has 105 heavy (non-hydrogen) atoms. The van der Waals surface area contributed by atoms with Crippen LogP contribution in [0.2, 0.25) is 0 Å². The lowest BCUT2D eigenvalue weighted by molar-refractivity contribution is -0.141. The van der Waals surface area contributed by atoms with Gasteiger partial charge in [0.25, 0.3) is 0 Å². The van der Waals surface area contributed by atoms with Crippen molar-refractivity contribution in [2.24, 2.45) is 70.5 Å². The third-order valence-corrected chi connectivity index (χ3v) is 21.6. The van der Waals surface area contributed by atoms with Gasteiger partial charge in [-0.3, -0.25) is 57.5 Å². The standard InChI is InChI=1S/C78H129N11O15S/c1-12-13-24-54-40-60(90)46-88(105(11,102)103)35-23-31-67(91)64(28-16-19-32-79)85-75(98)56(38-50(4)5)42-70(94)66(30-18-21-34-81)86-76(99)55(37-49(2)3)41-69(93)65(29-17-20-33-80)84-72(96)48-104-47-59-25-22-36-89(59)78(101)57(39-58-45-82-63-27-15-14-26-61(58)63)43-68(92)53(10)83-77(100)62(51(6)7)44-71(95)73(52(8)9)87-74(54)97/h14-15,26-27,45,49-57,59,62,64-66,73,82H,12-13,16-25,28-44,46-48,79-81H2,1-11H3,(H,83,100)(H,84,96)(H,85,98)(H,86,99)(H,87,97)/t53-,54+,55+,56+,57+,59+,62-,64-,65-,66-,73-/m0/s1. The number of fused-ring (bicyclic) bond motifs is 2. The Labute approximate surface area is 624 Å². The molecule has 0 saturated carbocycles. The highest BCUT2D eigenvalue weighted by Crippen LogP contribution is 2.30. The minimum absolute atomic E-state index is 0.0435. The van der Waals surface area contributed by atoms with Gasteiger partial charge in [-0.25, -0.2) is 8.42 Å². The van der Waals surface area contributed by atoms with E-state index in [9.17, 15) is 61.2 Å².